The van der Waals surface area contributed by atoms with Gasteiger partial charge in [-0.05, 0) is 12.1 Å². The van der Waals surface area contributed by atoms with E-state index in [0.717, 1.165) is 34.9 Å². The van der Waals surface area contributed by atoms with Crippen molar-refractivity contribution in [2.45, 2.75) is 12.6 Å². The van der Waals surface area contributed by atoms with Crippen LogP contribution in [0.1, 0.15) is 0 Å². The molecule has 1 fully saturated rings. The third-order valence-corrected chi connectivity index (χ3v) is 4.93. The highest BCUT2D eigenvalue weighted by Crippen LogP contribution is 2.31. The Morgan fingerprint density at radius 3 is 2.58 bits per heavy atom. The first kappa shape index (κ1) is 17.0. The second-order valence-electron chi connectivity index (χ2n) is 6.65. The van der Waals surface area contributed by atoms with E-state index in [1.807, 2.05) is 24.3 Å². The predicted molar refractivity (Wildman–Crippen MR) is 99.4 cm³/mol. The van der Waals surface area contributed by atoms with Gasteiger partial charge in [-0.15, -0.1) is 0 Å². The van der Waals surface area contributed by atoms with Crippen molar-refractivity contribution in [1.29, 1.82) is 0 Å². The van der Waals surface area contributed by atoms with Crippen molar-refractivity contribution in [3.05, 3.63) is 52.6 Å². The number of rotatable bonds is 5. The van der Waals surface area contributed by atoms with E-state index < -0.39 is 6.10 Å². The van der Waals surface area contributed by atoms with Gasteiger partial charge in [-0.25, -0.2) is 0 Å². The molecule has 26 heavy (non-hydrogen) atoms. The summed E-state index contributed by atoms with van der Waals surface area (Å²) in [5.41, 5.74) is 1.95. The van der Waals surface area contributed by atoms with Gasteiger partial charge in [0.2, 0.25) is 0 Å². The van der Waals surface area contributed by atoms with Gasteiger partial charge < -0.3 is 14.4 Å². The molecule has 1 unspecified atom stereocenters. The number of aliphatic hydroxyl groups is 1. The SMILES string of the molecule is O=[N+]([O-])c1ccc2c(c1)c1ccccc1n2CC(O)CN1CCOCC1. The Kier molecular flexibility index (Phi) is 4.58. The lowest BCUT2D eigenvalue weighted by molar-refractivity contribution is -0.384. The lowest BCUT2D eigenvalue weighted by Gasteiger charge is -2.28. The highest BCUT2D eigenvalue weighted by molar-refractivity contribution is 6.08. The molecular formula is C19H21N3O4. The first-order valence-electron chi connectivity index (χ1n) is 8.77. The van der Waals surface area contributed by atoms with E-state index >= 15 is 0 Å². The van der Waals surface area contributed by atoms with E-state index in [-0.39, 0.29) is 10.6 Å². The van der Waals surface area contributed by atoms with Gasteiger partial charge in [-0.3, -0.25) is 15.0 Å². The maximum absolute atomic E-state index is 11.1. The Morgan fingerprint density at radius 1 is 1.08 bits per heavy atom. The van der Waals surface area contributed by atoms with E-state index in [9.17, 15) is 15.2 Å². The molecule has 7 nitrogen and oxygen atoms in total. The van der Waals surface area contributed by atoms with Gasteiger partial charge in [0.05, 0.1) is 30.8 Å². The summed E-state index contributed by atoms with van der Waals surface area (Å²) in [5, 5.41) is 23.6. The number of benzene rings is 2. The Hall–Kier alpha value is -2.48. The van der Waals surface area contributed by atoms with Crippen molar-refractivity contribution >= 4 is 27.5 Å². The summed E-state index contributed by atoms with van der Waals surface area (Å²) in [4.78, 5) is 13.0. The number of para-hydroxylation sites is 1. The summed E-state index contributed by atoms with van der Waals surface area (Å²) in [6, 6.07) is 12.7. The van der Waals surface area contributed by atoms with E-state index in [4.69, 9.17) is 4.74 Å². The van der Waals surface area contributed by atoms with Crippen molar-refractivity contribution in [1.82, 2.24) is 9.47 Å². The van der Waals surface area contributed by atoms with Gasteiger partial charge in [-0.1, -0.05) is 18.2 Å². The molecule has 3 aromatic rings. The number of hydrogen-bond acceptors (Lipinski definition) is 5. The maximum atomic E-state index is 11.1. The van der Waals surface area contributed by atoms with Gasteiger partial charge in [-0.2, -0.15) is 0 Å². The van der Waals surface area contributed by atoms with Crippen LogP contribution in [0.3, 0.4) is 0 Å². The van der Waals surface area contributed by atoms with Crippen LogP contribution < -0.4 is 0 Å². The van der Waals surface area contributed by atoms with Crippen LogP contribution in [0.25, 0.3) is 21.8 Å². The number of nitrogens with zero attached hydrogens (tertiary/aromatic N) is 3. The number of non-ortho nitro benzene ring substituents is 1. The van der Waals surface area contributed by atoms with Crippen LogP contribution in [0.5, 0.6) is 0 Å². The van der Waals surface area contributed by atoms with Crippen molar-refractivity contribution in [3.8, 4) is 0 Å². The summed E-state index contributed by atoms with van der Waals surface area (Å²) in [5.74, 6) is 0. The van der Waals surface area contributed by atoms with Crippen LogP contribution >= 0.6 is 0 Å². The van der Waals surface area contributed by atoms with Crippen molar-refractivity contribution in [3.63, 3.8) is 0 Å². The molecule has 1 aliphatic rings. The summed E-state index contributed by atoms with van der Waals surface area (Å²) in [6.45, 7) is 4.09. The average molecular weight is 355 g/mol. The zero-order valence-corrected chi connectivity index (χ0v) is 14.4. The Labute approximate surface area is 150 Å². The fourth-order valence-corrected chi connectivity index (χ4v) is 3.70. The third-order valence-electron chi connectivity index (χ3n) is 4.93. The molecule has 1 N–H and O–H groups in total. The topological polar surface area (TPSA) is 80.8 Å². The van der Waals surface area contributed by atoms with Crippen molar-refractivity contribution in [2.75, 3.05) is 32.8 Å². The largest absolute Gasteiger partial charge is 0.390 e. The molecule has 7 heteroatoms. The van der Waals surface area contributed by atoms with E-state index in [2.05, 4.69) is 9.47 Å². The predicted octanol–water partition coefficient (Wildman–Crippen LogP) is 2.40. The average Bonchev–Trinajstić information content (AvgIpc) is 2.96. The minimum atomic E-state index is -0.526. The van der Waals surface area contributed by atoms with E-state index in [1.165, 1.54) is 6.07 Å². The molecule has 1 aliphatic heterocycles. The Bertz CT molecular complexity index is 947. The number of ether oxygens (including phenoxy) is 1. The summed E-state index contributed by atoms with van der Waals surface area (Å²) < 4.78 is 7.40. The van der Waals surface area contributed by atoms with Crippen LogP contribution in [-0.2, 0) is 11.3 Å². The standard InChI is InChI=1S/C19H21N3O4/c23-15(12-20-7-9-26-10-8-20)13-21-18-4-2-1-3-16(18)17-11-14(22(24)25)5-6-19(17)21/h1-6,11,15,23H,7-10,12-13H2. The summed E-state index contributed by atoms with van der Waals surface area (Å²) >= 11 is 0. The highest BCUT2D eigenvalue weighted by Gasteiger charge is 2.19. The molecular weight excluding hydrogens is 334 g/mol. The van der Waals surface area contributed by atoms with Crippen LogP contribution in [0.4, 0.5) is 5.69 Å². The van der Waals surface area contributed by atoms with Crippen LogP contribution in [0, 0.1) is 10.1 Å². The van der Waals surface area contributed by atoms with Gasteiger partial charge in [0.15, 0.2) is 0 Å². The minimum absolute atomic E-state index is 0.0780. The van der Waals surface area contributed by atoms with E-state index in [0.29, 0.717) is 26.3 Å². The number of aliphatic hydroxyl groups excluding tert-OH is 1. The normalized spacial score (nSPS) is 17.0. The summed E-state index contributed by atoms with van der Waals surface area (Å²) in [7, 11) is 0. The molecule has 4 rings (SSSR count). The first-order chi connectivity index (χ1) is 12.6. The van der Waals surface area contributed by atoms with Crippen molar-refractivity contribution < 1.29 is 14.8 Å². The third kappa shape index (κ3) is 3.16. The highest BCUT2D eigenvalue weighted by atomic mass is 16.6. The fourth-order valence-electron chi connectivity index (χ4n) is 3.70. The van der Waals surface area contributed by atoms with Gasteiger partial charge in [0.25, 0.3) is 5.69 Å². The molecule has 1 atom stereocenters. The minimum Gasteiger partial charge on any atom is -0.390 e. The van der Waals surface area contributed by atoms with Crippen molar-refractivity contribution in [2.24, 2.45) is 0 Å². The van der Waals surface area contributed by atoms with Crippen LogP contribution in [-0.4, -0.2) is 58.4 Å². The molecule has 1 aromatic heterocycles. The number of nitro groups is 1. The van der Waals surface area contributed by atoms with Gasteiger partial charge in [0, 0.05) is 53.6 Å². The molecule has 0 radical (unpaired) electrons. The lowest BCUT2D eigenvalue weighted by atomic mass is 10.1. The Morgan fingerprint density at radius 2 is 1.81 bits per heavy atom. The van der Waals surface area contributed by atoms with Crippen LogP contribution in [0.15, 0.2) is 42.5 Å². The number of morpholine rings is 1. The molecule has 136 valence electrons. The number of nitro benzene ring substituents is 1. The molecule has 0 amide bonds. The van der Waals surface area contributed by atoms with Gasteiger partial charge >= 0.3 is 0 Å². The molecule has 0 bridgehead atoms. The quantitative estimate of drug-likeness (QED) is 0.561. The first-order valence-corrected chi connectivity index (χ1v) is 8.77. The monoisotopic (exact) mass is 355 g/mol. The molecule has 0 saturated carbocycles. The maximum Gasteiger partial charge on any atom is 0.270 e. The number of β-amino-alcohol motifs (C(OH)–C–C–N with tert-alkyl or cyclic N) is 1. The molecule has 2 aromatic carbocycles. The second kappa shape index (κ2) is 7.03. The van der Waals surface area contributed by atoms with Gasteiger partial charge in [0.1, 0.15) is 0 Å². The fraction of sp³-hybridized carbons (Fsp3) is 0.368. The second-order valence-corrected chi connectivity index (χ2v) is 6.65. The summed E-state index contributed by atoms with van der Waals surface area (Å²) in [6.07, 6.45) is -0.526. The number of hydrogen-bond donors (Lipinski definition) is 1. The van der Waals surface area contributed by atoms with Crippen LogP contribution in [0.2, 0.25) is 0 Å². The smallest absolute Gasteiger partial charge is 0.270 e. The number of aromatic nitrogens is 1. The molecule has 1 saturated heterocycles. The lowest BCUT2D eigenvalue weighted by Crippen LogP contribution is -2.42. The molecule has 2 heterocycles. The molecule has 0 spiro atoms. The number of fused-ring (bicyclic) bond motifs is 3. The molecule has 0 aliphatic carbocycles. The zero-order chi connectivity index (χ0) is 18.1. The zero-order valence-electron chi connectivity index (χ0n) is 14.4. The Balaban J connectivity index is 1.69. The van der Waals surface area contributed by atoms with E-state index in [1.54, 1.807) is 12.1 Å².